The number of aliphatic imine (C=N–C) groups is 2. The largest absolute Gasteiger partial charge is 0.493 e. The number of hydrogen-bond acceptors (Lipinski definition) is 6. The van der Waals surface area contributed by atoms with Crippen molar-refractivity contribution >= 4 is 11.7 Å². The van der Waals surface area contributed by atoms with Gasteiger partial charge in [-0.25, -0.2) is 4.99 Å². The molecule has 138 valence electrons. The van der Waals surface area contributed by atoms with Gasteiger partial charge in [-0.15, -0.1) is 0 Å². The molecule has 0 spiro atoms. The summed E-state index contributed by atoms with van der Waals surface area (Å²) in [6.07, 6.45) is 1.68. The highest BCUT2D eigenvalue weighted by molar-refractivity contribution is 5.64. The van der Waals surface area contributed by atoms with Crippen molar-refractivity contribution in [2.24, 2.45) is 9.98 Å². The van der Waals surface area contributed by atoms with E-state index in [0.29, 0.717) is 23.7 Å². The van der Waals surface area contributed by atoms with Crippen LogP contribution in [0, 0.1) is 0 Å². The molecule has 0 N–H and O–H groups in total. The Kier molecular flexibility index (Phi) is 7.52. The molecule has 0 saturated heterocycles. The van der Waals surface area contributed by atoms with Gasteiger partial charge < -0.3 is 18.9 Å². The molecule has 6 heteroatoms. The zero-order valence-electron chi connectivity index (χ0n) is 15.6. The van der Waals surface area contributed by atoms with E-state index in [2.05, 4.69) is 16.0 Å². The zero-order valence-corrected chi connectivity index (χ0v) is 15.6. The van der Waals surface area contributed by atoms with Gasteiger partial charge in [0.2, 0.25) is 0 Å². The van der Waals surface area contributed by atoms with Gasteiger partial charge in [0.15, 0.2) is 23.0 Å². The Morgan fingerprint density at radius 1 is 0.808 bits per heavy atom. The van der Waals surface area contributed by atoms with Crippen LogP contribution in [0.5, 0.6) is 23.0 Å². The fourth-order valence-corrected chi connectivity index (χ4v) is 2.60. The molecule has 0 radical (unpaired) electrons. The summed E-state index contributed by atoms with van der Waals surface area (Å²) in [5.41, 5.74) is 1.72. The first-order valence-corrected chi connectivity index (χ1v) is 8.28. The third-order valence-electron chi connectivity index (χ3n) is 3.82. The molecule has 0 bridgehead atoms. The minimum atomic E-state index is 0.568. The average Bonchev–Trinajstić information content (AvgIpc) is 2.69. The molecule has 0 aliphatic carbocycles. The van der Waals surface area contributed by atoms with Crippen LogP contribution in [0.1, 0.15) is 12.0 Å². The van der Waals surface area contributed by atoms with E-state index in [-0.39, 0.29) is 0 Å². The fraction of sp³-hybridized carbons (Fsp3) is 0.350. The predicted octanol–water partition coefficient (Wildman–Crippen LogP) is 4.16. The monoisotopic (exact) mass is 356 g/mol. The lowest BCUT2D eigenvalue weighted by Gasteiger charge is -2.11. The summed E-state index contributed by atoms with van der Waals surface area (Å²) in [4.78, 5) is 8.45. The normalized spacial score (nSPS) is 9.85. The van der Waals surface area contributed by atoms with Crippen molar-refractivity contribution in [3.63, 3.8) is 0 Å². The Morgan fingerprint density at radius 3 is 2.12 bits per heavy atom. The van der Waals surface area contributed by atoms with E-state index < -0.39 is 0 Å². The molecule has 0 aromatic heterocycles. The summed E-state index contributed by atoms with van der Waals surface area (Å²) >= 11 is 0. The number of methoxy groups -OCH3 is 4. The highest BCUT2D eigenvalue weighted by Gasteiger charge is 2.09. The Bertz CT molecular complexity index is 783. The van der Waals surface area contributed by atoms with Crippen molar-refractivity contribution in [3.8, 4) is 23.0 Å². The minimum Gasteiger partial charge on any atom is -0.493 e. The van der Waals surface area contributed by atoms with Crippen molar-refractivity contribution in [3.05, 3.63) is 42.0 Å². The van der Waals surface area contributed by atoms with Gasteiger partial charge in [0.25, 0.3) is 0 Å². The van der Waals surface area contributed by atoms with Crippen molar-refractivity contribution in [2.75, 3.05) is 35.0 Å². The summed E-state index contributed by atoms with van der Waals surface area (Å²) < 4.78 is 21.3. The number of para-hydroxylation sites is 2. The van der Waals surface area contributed by atoms with Gasteiger partial charge in [-0.3, -0.25) is 0 Å². The van der Waals surface area contributed by atoms with E-state index in [0.717, 1.165) is 29.9 Å². The molecule has 2 rings (SSSR count). The molecular weight excluding hydrogens is 332 g/mol. The highest BCUT2D eigenvalue weighted by Crippen LogP contribution is 2.36. The first-order chi connectivity index (χ1) is 12.7. The fourth-order valence-electron chi connectivity index (χ4n) is 2.60. The number of nitrogens with zero attached hydrogens (tertiary/aromatic N) is 2. The third-order valence-corrected chi connectivity index (χ3v) is 3.82. The molecule has 2 aromatic rings. The van der Waals surface area contributed by atoms with Gasteiger partial charge in [0.05, 0.1) is 41.0 Å². The standard InChI is InChI=1S/C20H24N2O4/c1-23-17-11-5-8-15(19(17)25-3)9-7-13-21-14-22-16-10-6-12-18(24-2)20(16)26-4/h5-6,8,10-12H,7,9,13H2,1-4H3. The maximum Gasteiger partial charge on any atom is 0.187 e. The van der Waals surface area contributed by atoms with Crippen LogP contribution in [0.4, 0.5) is 5.69 Å². The lowest BCUT2D eigenvalue weighted by atomic mass is 10.1. The molecule has 0 heterocycles. The topological polar surface area (TPSA) is 61.6 Å². The van der Waals surface area contributed by atoms with E-state index in [1.54, 1.807) is 28.4 Å². The Hall–Kier alpha value is -2.98. The van der Waals surface area contributed by atoms with E-state index >= 15 is 0 Å². The molecule has 6 nitrogen and oxygen atoms in total. The van der Waals surface area contributed by atoms with E-state index in [4.69, 9.17) is 18.9 Å². The van der Waals surface area contributed by atoms with Gasteiger partial charge in [0.1, 0.15) is 5.69 Å². The smallest absolute Gasteiger partial charge is 0.187 e. The van der Waals surface area contributed by atoms with Gasteiger partial charge in [0, 0.05) is 0 Å². The van der Waals surface area contributed by atoms with Crippen molar-refractivity contribution in [2.45, 2.75) is 12.8 Å². The lowest BCUT2D eigenvalue weighted by Crippen LogP contribution is -1.97. The number of aryl methyl sites for hydroxylation is 1. The average molecular weight is 356 g/mol. The number of rotatable bonds is 9. The Labute approximate surface area is 154 Å². The maximum atomic E-state index is 5.44. The van der Waals surface area contributed by atoms with E-state index in [1.165, 1.54) is 0 Å². The van der Waals surface area contributed by atoms with Crippen LogP contribution in [-0.4, -0.2) is 41.0 Å². The number of benzene rings is 2. The lowest BCUT2D eigenvalue weighted by molar-refractivity contribution is 0.351. The molecule has 26 heavy (non-hydrogen) atoms. The quantitative estimate of drug-likeness (QED) is 0.500. The first kappa shape index (κ1) is 19.3. The van der Waals surface area contributed by atoms with Crippen LogP contribution in [0.3, 0.4) is 0 Å². The molecule has 0 amide bonds. The van der Waals surface area contributed by atoms with E-state index in [1.807, 2.05) is 36.4 Å². The van der Waals surface area contributed by atoms with Crippen LogP contribution < -0.4 is 18.9 Å². The summed E-state index contributed by atoms with van der Waals surface area (Å²) in [6.45, 7) is 0.607. The summed E-state index contributed by atoms with van der Waals surface area (Å²) in [7, 11) is 6.45. The Balaban J connectivity index is 1.98. The van der Waals surface area contributed by atoms with Crippen LogP contribution in [-0.2, 0) is 6.42 Å². The van der Waals surface area contributed by atoms with Gasteiger partial charge in [-0.1, -0.05) is 18.2 Å². The molecule has 0 saturated carbocycles. The van der Waals surface area contributed by atoms with Crippen molar-refractivity contribution in [1.82, 2.24) is 0 Å². The predicted molar refractivity (Wildman–Crippen MR) is 102 cm³/mol. The zero-order chi connectivity index (χ0) is 18.8. The summed E-state index contributed by atoms with van der Waals surface area (Å²) in [5, 5.41) is 0. The Morgan fingerprint density at radius 2 is 1.46 bits per heavy atom. The highest BCUT2D eigenvalue weighted by atomic mass is 16.5. The van der Waals surface area contributed by atoms with Crippen LogP contribution in [0.15, 0.2) is 46.4 Å². The van der Waals surface area contributed by atoms with Gasteiger partial charge >= 0.3 is 0 Å². The van der Waals surface area contributed by atoms with Gasteiger partial charge in [-0.05, 0) is 36.6 Å². The summed E-state index contributed by atoms with van der Waals surface area (Å²) in [5.74, 6) is 2.70. The molecule has 2 aromatic carbocycles. The van der Waals surface area contributed by atoms with Gasteiger partial charge in [-0.2, -0.15) is 4.99 Å². The van der Waals surface area contributed by atoms with Crippen LogP contribution in [0.2, 0.25) is 0 Å². The van der Waals surface area contributed by atoms with Crippen LogP contribution >= 0.6 is 0 Å². The second-order valence-electron chi connectivity index (χ2n) is 5.36. The third kappa shape index (κ3) is 4.77. The van der Waals surface area contributed by atoms with Crippen LogP contribution in [0.25, 0.3) is 0 Å². The number of hydrogen-bond donors (Lipinski definition) is 0. The van der Waals surface area contributed by atoms with Crippen molar-refractivity contribution in [1.29, 1.82) is 0 Å². The molecule has 0 unspecified atom stereocenters. The van der Waals surface area contributed by atoms with E-state index in [9.17, 15) is 0 Å². The van der Waals surface area contributed by atoms with Crippen molar-refractivity contribution < 1.29 is 18.9 Å². The number of ether oxygens (including phenoxy) is 4. The second-order valence-corrected chi connectivity index (χ2v) is 5.36. The molecule has 0 fully saturated rings. The SMILES string of the molecule is COc1cccc(CCCN=C=Nc2cccc(OC)c2OC)c1OC. The second kappa shape index (κ2) is 10.1. The summed E-state index contributed by atoms with van der Waals surface area (Å²) in [6, 6.07) is 14.1. The first-order valence-electron chi connectivity index (χ1n) is 8.28. The molecule has 0 aliphatic rings. The molecular formula is C20H24N2O4. The maximum absolute atomic E-state index is 5.44. The molecule has 0 atom stereocenters. The molecule has 0 aliphatic heterocycles. The minimum absolute atomic E-state index is 0.568.